The van der Waals surface area contributed by atoms with Crippen LogP contribution in [0, 0.1) is 0 Å². The number of rotatable bonds is 5. The van der Waals surface area contributed by atoms with Gasteiger partial charge in [-0.15, -0.1) is 0 Å². The predicted octanol–water partition coefficient (Wildman–Crippen LogP) is 13.7. The number of pyridine rings is 1. The third-order valence-electron chi connectivity index (χ3n) is 12.3. The van der Waals surface area contributed by atoms with Crippen LogP contribution in [0.1, 0.15) is 0 Å². The van der Waals surface area contributed by atoms with E-state index in [9.17, 15) is 0 Å². The maximum Gasteiger partial charge on any atom is 0.165 e. The smallest absolute Gasteiger partial charge is 0.165 e. The largest absolute Gasteiger partial charge is 0.309 e. The Morgan fingerprint density at radius 1 is 0.311 bits per heavy atom. The molecule has 0 fully saturated rings. The standard InChI is InChI=1S/C55H34N6/c1-3-15-35(16-4-1)37-26-28-41-42-32-38(27-29-49(42)61(50(41)31-37)55-54(36-17-5-2-6-18-36)57-45-21-9-10-22-46(45)58-55)59-47-23-11-7-19-39(47)43-33-44-40-20-8-12-24-48(40)60(52(44)34-51(43)59)53-25-13-14-30-56-53/h1-34H. The Balaban J connectivity index is 1.12. The van der Waals surface area contributed by atoms with E-state index in [1.165, 1.54) is 21.5 Å². The number of benzene rings is 8. The maximum atomic E-state index is 5.42. The van der Waals surface area contributed by atoms with Crippen LogP contribution < -0.4 is 0 Å². The zero-order valence-corrected chi connectivity index (χ0v) is 32.8. The topological polar surface area (TPSA) is 53.5 Å². The van der Waals surface area contributed by atoms with Gasteiger partial charge in [0.2, 0.25) is 0 Å². The molecule has 5 aromatic heterocycles. The summed E-state index contributed by atoms with van der Waals surface area (Å²) in [5, 5.41) is 7.11. The summed E-state index contributed by atoms with van der Waals surface area (Å²) >= 11 is 0. The van der Waals surface area contributed by atoms with Crippen LogP contribution in [0.15, 0.2) is 206 Å². The third kappa shape index (κ3) is 5.06. The van der Waals surface area contributed by atoms with Crippen molar-refractivity contribution in [3.63, 3.8) is 0 Å². The Morgan fingerprint density at radius 2 is 0.885 bits per heavy atom. The van der Waals surface area contributed by atoms with Gasteiger partial charge in [0.05, 0.1) is 44.1 Å². The lowest BCUT2D eigenvalue weighted by molar-refractivity contribution is 1.08. The molecule has 5 heterocycles. The van der Waals surface area contributed by atoms with Gasteiger partial charge < -0.3 is 4.57 Å². The predicted molar refractivity (Wildman–Crippen MR) is 251 cm³/mol. The van der Waals surface area contributed by atoms with Crippen molar-refractivity contribution in [2.45, 2.75) is 0 Å². The van der Waals surface area contributed by atoms with E-state index in [-0.39, 0.29) is 0 Å². The number of hydrogen-bond donors (Lipinski definition) is 0. The highest BCUT2D eigenvalue weighted by atomic mass is 15.1. The van der Waals surface area contributed by atoms with Crippen molar-refractivity contribution in [3.05, 3.63) is 206 Å². The molecular weight excluding hydrogens is 745 g/mol. The first kappa shape index (κ1) is 33.6. The van der Waals surface area contributed by atoms with Crippen LogP contribution in [-0.2, 0) is 0 Å². The summed E-state index contributed by atoms with van der Waals surface area (Å²) in [6.07, 6.45) is 1.87. The Morgan fingerprint density at radius 3 is 1.62 bits per heavy atom. The van der Waals surface area contributed by atoms with E-state index in [1.54, 1.807) is 0 Å². The summed E-state index contributed by atoms with van der Waals surface area (Å²) < 4.78 is 7.04. The van der Waals surface area contributed by atoms with Crippen molar-refractivity contribution in [1.29, 1.82) is 0 Å². The summed E-state index contributed by atoms with van der Waals surface area (Å²) in [5.41, 5.74) is 13.6. The van der Waals surface area contributed by atoms with Crippen molar-refractivity contribution in [2.75, 3.05) is 0 Å². The molecule has 13 rings (SSSR count). The van der Waals surface area contributed by atoms with Crippen LogP contribution in [0.4, 0.5) is 0 Å². The lowest BCUT2D eigenvalue weighted by Crippen LogP contribution is -2.04. The molecule has 0 atom stereocenters. The van der Waals surface area contributed by atoms with E-state index in [0.717, 1.165) is 94.6 Å². The normalized spacial score (nSPS) is 11.9. The van der Waals surface area contributed by atoms with Crippen molar-refractivity contribution in [2.24, 2.45) is 0 Å². The minimum atomic E-state index is 0.796. The van der Waals surface area contributed by atoms with Gasteiger partial charge in [0.1, 0.15) is 11.5 Å². The minimum absolute atomic E-state index is 0.796. The molecule has 0 saturated carbocycles. The minimum Gasteiger partial charge on any atom is -0.309 e. The van der Waals surface area contributed by atoms with Gasteiger partial charge >= 0.3 is 0 Å². The fourth-order valence-corrected chi connectivity index (χ4v) is 9.56. The first-order valence-corrected chi connectivity index (χ1v) is 20.6. The fraction of sp³-hybridized carbons (Fsp3) is 0. The highest BCUT2D eigenvalue weighted by molar-refractivity contribution is 6.19. The molecule has 0 amide bonds. The molecule has 0 aliphatic rings. The molecule has 0 unspecified atom stereocenters. The number of hydrogen-bond acceptors (Lipinski definition) is 3. The summed E-state index contributed by atoms with van der Waals surface area (Å²) in [5.74, 6) is 1.69. The van der Waals surface area contributed by atoms with Crippen LogP contribution in [-0.4, -0.2) is 28.7 Å². The molecule has 13 aromatic rings. The lowest BCUT2D eigenvalue weighted by Gasteiger charge is -2.14. The van der Waals surface area contributed by atoms with Gasteiger partial charge in [0.15, 0.2) is 5.82 Å². The second kappa shape index (κ2) is 13.1. The number of aromatic nitrogens is 6. The van der Waals surface area contributed by atoms with Gasteiger partial charge in [-0.3, -0.25) is 9.13 Å². The highest BCUT2D eigenvalue weighted by Crippen LogP contribution is 2.42. The molecule has 0 bridgehead atoms. The van der Waals surface area contributed by atoms with E-state index in [4.69, 9.17) is 15.0 Å². The van der Waals surface area contributed by atoms with Gasteiger partial charge in [-0.2, -0.15) is 0 Å². The Hall–Kier alpha value is -8.35. The monoisotopic (exact) mass is 778 g/mol. The summed E-state index contributed by atoms with van der Waals surface area (Å²) in [6, 6.07) is 71.1. The highest BCUT2D eigenvalue weighted by Gasteiger charge is 2.23. The third-order valence-corrected chi connectivity index (χ3v) is 12.3. The first-order chi connectivity index (χ1) is 30.3. The molecule has 284 valence electrons. The molecule has 6 heteroatoms. The van der Waals surface area contributed by atoms with E-state index >= 15 is 0 Å². The quantitative estimate of drug-likeness (QED) is 0.175. The van der Waals surface area contributed by atoms with Crippen LogP contribution in [0.5, 0.6) is 0 Å². The molecule has 0 aliphatic carbocycles. The number of para-hydroxylation sites is 4. The van der Waals surface area contributed by atoms with Crippen LogP contribution in [0.3, 0.4) is 0 Å². The van der Waals surface area contributed by atoms with Gasteiger partial charge in [0, 0.05) is 49.8 Å². The molecule has 61 heavy (non-hydrogen) atoms. The van der Waals surface area contributed by atoms with Crippen LogP contribution >= 0.6 is 0 Å². The zero-order valence-electron chi connectivity index (χ0n) is 32.8. The average molecular weight is 779 g/mol. The molecule has 6 nitrogen and oxygen atoms in total. The second-order valence-electron chi connectivity index (χ2n) is 15.7. The van der Waals surface area contributed by atoms with Crippen LogP contribution in [0.2, 0.25) is 0 Å². The molecule has 0 saturated heterocycles. The van der Waals surface area contributed by atoms with Gasteiger partial charge in [-0.1, -0.05) is 127 Å². The maximum absolute atomic E-state index is 5.42. The summed E-state index contributed by atoms with van der Waals surface area (Å²) in [4.78, 5) is 15.5. The molecule has 0 aliphatic heterocycles. The lowest BCUT2D eigenvalue weighted by atomic mass is 10.0. The number of fused-ring (bicyclic) bond motifs is 10. The molecule has 8 aromatic carbocycles. The molecule has 0 N–H and O–H groups in total. The van der Waals surface area contributed by atoms with Crippen molar-refractivity contribution < 1.29 is 0 Å². The van der Waals surface area contributed by atoms with E-state index in [1.807, 2.05) is 36.5 Å². The number of nitrogens with zero attached hydrogens (tertiary/aromatic N) is 6. The van der Waals surface area contributed by atoms with Crippen molar-refractivity contribution in [3.8, 4) is 39.7 Å². The molecular formula is C55H34N6. The fourth-order valence-electron chi connectivity index (χ4n) is 9.56. The zero-order chi connectivity index (χ0) is 40.0. The van der Waals surface area contributed by atoms with Gasteiger partial charge in [-0.25, -0.2) is 15.0 Å². The Labute approximate surface area is 349 Å². The van der Waals surface area contributed by atoms with Gasteiger partial charge in [0.25, 0.3) is 0 Å². The van der Waals surface area contributed by atoms with Crippen molar-refractivity contribution >= 4 is 76.5 Å². The van der Waals surface area contributed by atoms with Gasteiger partial charge in [-0.05, 0) is 83.9 Å². The Kier molecular flexibility index (Phi) is 7.21. The molecule has 0 radical (unpaired) electrons. The Bertz CT molecular complexity index is 3860. The van der Waals surface area contributed by atoms with E-state index in [2.05, 4.69) is 184 Å². The van der Waals surface area contributed by atoms with E-state index in [0.29, 0.717) is 0 Å². The van der Waals surface area contributed by atoms with Crippen molar-refractivity contribution in [1.82, 2.24) is 28.7 Å². The summed E-state index contributed by atoms with van der Waals surface area (Å²) in [7, 11) is 0. The summed E-state index contributed by atoms with van der Waals surface area (Å²) in [6.45, 7) is 0. The SMILES string of the molecule is c1ccc(-c2ccc3c4cc(-n5c6ccccc6c6cc7c8ccccc8n(-c8ccccn8)c7cc65)ccc4n(-c4nc5ccccc5nc4-c4ccccc4)c3c2)cc1. The average Bonchev–Trinajstić information content (AvgIpc) is 3.95. The first-order valence-electron chi connectivity index (χ1n) is 20.6. The second-order valence-corrected chi connectivity index (χ2v) is 15.7. The molecule has 0 spiro atoms. The van der Waals surface area contributed by atoms with E-state index < -0.39 is 0 Å². The van der Waals surface area contributed by atoms with Crippen LogP contribution in [0.25, 0.3) is 116 Å².